The molecule has 0 fully saturated rings. The van der Waals surface area contributed by atoms with E-state index < -0.39 is 35.4 Å². The summed E-state index contributed by atoms with van der Waals surface area (Å²) in [5.74, 6) is -0.647. The Hall–Kier alpha value is -2.86. The summed E-state index contributed by atoms with van der Waals surface area (Å²) in [6.07, 6.45) is -0.441. The number of hydrogen-bond donors (Lipinski definition) is 1. The number of nitrogens with one attached hydrogen (secondary N) is 1. The van der Waals surface area contributed by atoms with Gasteiger partial charge in [-0.05, 0) is 66.0 Å². The predicted molar refractivity (Wildman–Crippen MR) is 133 cm³/mol. The van der Waals surface area contributed by atoms with Crippen molar-refractivity contribution in [2.45, 2.75) is 84.8 Å². The Morgan fingerprint density at radius 1 is 0.853 bits per heavy atom. The molecule has 6 nitrogen and oxygen atoms in total. The number of esters is 1. The maximum atomic E-state index is 12.8. The third-order valence-corrected chi connectivity index (χ3v) is 5.60. The Morgan fingerprint density at radius 2 is 1.38 bits per heavy atom. The molecule has 0 aromatic heterocycles. The van der Waals surface area contributed by atoms with E-state index in [4.69, 9.17) is 14.2 Å². The van der Waals surface area contributed by atoms with Crippen molar-refractivity contribution in [3.05, 3.63) is 71.8 Å². The monoisotopic (exact) mass is 469 g/mol. The van der Waals surface area contributed by atoms with Crippen molar-refractivity contribution >= 4 is 12.1 Å². The first-order valence-electron chi connectivity index (χ1n) is 11.8. The fourth-order valence-electron chi connectivity index (χ4n) is 3.71. The lowest BCUT2D eigenvalue weighted by atomic mass is 9.81. The smallest absolute Gasteiger partial charge is 0.408 e. The van der Waals surface area contributed by atoms with Gasteiger partial charge in [0.15, 0.2) is 0 Å². The normalized spacial score (nSPS) is 14.6. The van der Waals surface area contributed by atoms with Gasteiger partial charge in [0.05, 0.1) is 12.2 Å². The molecule has 0 radical (unpaired) electrons. The Balaban J connectivity index is 2.11. The van der Waals surface area contributed by atoms with Gasteiger partial charge in [0.1, 0.15) is 17.7 Å². The Labute approximate surface area is 204 Å². The van der Waals surface area contributed by atoms with Gasteiger partial charge in [0.25, 0.3) is 0 Å². The molecule has 2 rings (SSSR count). The average Bonchev–Trinajstić information content (AvgIpc) is 2.76. The first kappa shape index (κ1) is 27.4. The lowest BCUT2D eigenvalue weighted by Gasteiger charge is -2.38. The highest BCUT2D eigenvalue weighted by Crippen LogP contribution is 2.31. The van der Waals surface area contributed by atoms with Gasteiger partial charge >= 0.3 is 12.1 Å². The van der Waals surface area contributed by atoms with Gasteiger partial charge in [-0.1, -0.05) is 60.7 Å². The molecule has 0 spiro atoms. The van der Waals surface area contributed by atoms with Crippen LogP contribution in [0.4, 0.5) is 4.79 Å². The number of amides is 1. The van der Waals surface area contributed by atoms with Crippen LogP contribution in [0.2, 0.25) is 0 Å². The van der Waals surface area contributed by atoms with Crippen molar-refractivity contribution in [2.24, 2.45) is 5.92 Å². The molecule has 186 valence electrons. The van der Waals surface area contributed by atoms with Gasteiger partial charge in [-0.3, -0.25) is 0 Å². The average molecular weight is 470 g/mol. The Bertz CT molecular complexity index is 905. The summed E-state index contributed by atoms with van der Waals surface area (Å²) in [4.78, 5) is 24.8. The molecule has 0 aliphatic heterocycles. The largest absolute Gasteiger partial charge is 0.461 e. The van der Waals surface area contributed by atoms with Gasteiger partial charge < -0.3 is 19.5 Å². The van der Waals surface area contributed by atoms with Crippen LogP contribution in [0.15, 0.2) is 60.7 Å². The standard InChI is InChI=1S/C28H39NO5/c1-20(29-26(31)34-27(3,4)5)25(30)33-21(2)24(18-22-14-10-8-11-15-22)28(6,7)32-19-23-16-12-9-13-17-23/h8-17,20-21,24H,18-19H2,1-7H3,(H,29,31)/t20-,21-,24-/m0/s1. The van der Waals surface area contributed by atoms with Crippen molar-refractivity contribution in [2.75, 3.05) is 0 Å². The molecule has 6 heteroatoms. The maximum Gasteiger partial charge on any atom is 0.408 e. The third-order valence-electron chi connectivity index (χ3n) is 5.60. The second kappa shape index (κ2) is 12.0. The Morgan fingerprint density at radius 3 is 1.91 bits per heavy atom. The Kier molecular flexibility index (Phi) is 9.68. The van der Waals surface area contributed by atoms with Crippen LogP contribution in [-0.4, -0.2) is 35.4 Å². The molecule has 0 heterocycles. The molecule has 1 amide bonds. The fourth-order valence-corrected chi connectivity index (χ4v) is 3.71. The van der Waals surface area contributed by atoms with Crippen LogP contribution in [0.1, 0.15) is 59.6 Å². The number of carbonyl (C=O) groups is 2. The number of hydrogen-bond acceptors (Lipinski definition) is 5. The van der Waals surface area contributed by atoms with Crippen LogP contribution < -0.4 is 5.32 Å². The maximum absolute atomic E-state index is 12.8. The molecule has 0 aliphatic rings. The van der Waals surface area contributed by atoms with E-state index in [1.54, 1.807) is 27.7 Å². The first-order valence-corrected chi connectivity index (χ1v) is 11.8. The zero-order chi connectivity index (χ0) is 25.4. The first-order chi connectivity index (χ1) is 15.9. The summed E-state index contributed by atoms with van der Waals surface area (Å²) in [6, 6.07) is 19.2. The minimum absolute atomic E-state index is 0.128. The molecule has 0 aliphatic carbocycles. The molecule has 0 saturated heterocycles. The molecule has 1 N–H and O–H groups in total. The number of benzene rings is 2. The molecule has 0 unspecified atom stereocenters. The predicted octanol–water partition coefficient (Wildman–Crippen LogP) is 5.69. The number of ether oxygens (including phenoxy) is 3. The molecule has 34 heavy (non-hydrogen) atoms. The fraction of sp³-hybridized carbons (Fsp3) is 0.500. The van der Waals surface area contributed by atoms with E-state index in [1.165, 1.54) is 0 Å². The van der Waals surface area contributed by atoms with Gasteiger partial charge in [-0.15, -0.1) is 0 Å². The van der Waals surface area contributed by atoms with E-state index in [-0.39, 0.29) is 5.92 Å². The number of carbonyl (C=O) groups excluding carboxylic acids is 2. The van der Waals surface area contributed by atoms with Gasteiger partial charge in [0.2, 0.25) is 0 Å². The van der Waals surface area contributed by atoms with E-state index in [0.29, 0.717) is 13.0 Å². The third kappa shape index (κ3) is 9.18. The summed E-state index contributed by atoms with van der Waals surface area (Å²) >= 11 is 0. The minimum Gasteiger partial charge on any atom is -0.461 e. The van der Waals surface area contributed by atoms with Crippen LogP contribution in [0.5, 0.6) is 0 Å². The summed E-state index contributed by atoms with van der Waals surface area (Å²) in [5.41, 5.74) is 0.968. The molecule has 0 saturated carbocycles. The lowest BCUT2D eigenvalue weighted by Crippen LogP contribution is -2.47. The minimum atomic E-state index is -0.844. The van der Waals surface area contributed by atoms with Gasteiger partial charge in [0, 0.05) is 5.92 Å². The van der Waals surface area contributed by atoms with Crippen molar-refractivity contribution in [3.63, 3.8) is 0 Å². The molecule has 2 aromatic rings. The number of rotatable bonds is 10. The molecule has 2 aromatic carbocycles. The summed E-state index contributed by atoms with van der Waals surface area (Å²) in [7, 11) is 0. The van der Waals surface area contributed by atoms with Gasteiger partial charge in [-0.25, -0.2) is 9.59 Å². The quantitative estimate of drug-likeness (QED) is 0.453. The van der Waals surface area contributed by atoms with Crippen LogP contribution in [0, 0.1) is 5.92 Å². The van der Waals surface area contributed by atoms with E-state index in [1.807, 2.05) is 69.3 Å². The highest BCUT2D eigenvalue weighted by atomic mass is 16.6. The van der Waals surface area contributed by atoms with Crippen molar-refractivity contribution in [1.29, 1.82) is 0 Å². The van der Waals surface area contributed by atoms with E-state index >= 15 is 0 Å². The van der Waals surface area contributed by atoms with Crippen LogP contribution in [0.3, 0.4) is 0 Å². The SMILES string of the molecule is C[C@H](NC(=O)OC(C)(C)C)C(=O)O[C@@H](C)[C@H](Cc1ccccc1)C(C)(C)OCc1ccccc1. The lowest BCUT2D eigenvalue weighted by molar-refractivity contribution is -0.162. The molecule has 3 atom stereocenters. The van der Waals surface area contributed by atoms with Crippen molar-refractivity contribution < 1.29 is 23.8 Å². The second-order valence-corrected chi connectivity index (χ2v) is 10.2. The summed E-state index contributed by atoms with van der Waals surface area (Å²) in [5, 5.41) is 2.55. The van der Waals surface area contributed by atoms with Crippen molar-refractivity contribution in [1.82, 2.24) is 5.32 Å². The van der Waals surface area contributed by atoms with Crippen LogP contribution >= 0.6 is 0 Å². The molecular weight excluding hydrogens is 430 g/mol. The topological polar surface area (TPSA) is 73.9 Å². The summed E-state index contributed by atoms with van der Waals surface area (Å²) < 4.78 is 17.4. The zero-order valence-electron chi connectivity index (χ0n) is 21.5. The van der Waals surface area contributed by atoms with Gasteiger partial charge in [-0.2, -0.15) is 0 Å². The van der Waals surface area contributed by atoms with Crippen LogP contribution in [-0.2, 0) is 32.0 Å². The molecular formula is C28H39NO5. The highest BCUT2D eigenvalue weighted by Gasteiger charge is 2.37. The van der Waals surface area contributed by atoms with E-state index in [2.05, 4.69) is 17.4 Å². The second-order valence-electron chi connectivity index (χ2n) is 10.2. The number of alkyl carbamates (subject to hydrolysis) is 1. The van der Waals surface area contributed by atoms with E-state index in [0.717, 1.165) is 11.1 Å². The van der Waals surface area contributed by atoms with Crippen LogP contribution in [0.25, 0.3) is 0 Å². The van der Waals surface area contributed by atoms with Crippen molar-refractivity contribution in [3.8, 4) is 0 Å². The highest BCUT2D eigenvalue weighted by molar-refractivity contribution is 5.81. The van der Waals surface area contributed by atoms with E-state index in [9.17, 15) is 9.59 Å². The molecule has 0 bridgehead atoms. The zero-order valence-corrected chi connectivity index (χ0v) is 21.5. The summed E-state index contributed by atoms with van der Waals surface area (Å²) in [6.45, 7) is 13.3.